The van der Waals surface area contributed by atoms with E-state index in [1.54, 1.807) is 13.0 Å². The van der Waals surface area contributed by atoms with E-state index in [1.807, 2.05) is 13.0 Å². The smallest absolute Gasteiger partial charge is 0.224 e. The van der Waals surface area contributed by atoms with Crippen LogP contribution in [-0.4, -0.2) is 17.6 Å². The van der Waals surface area contributed by atoms with E-state index >= 15 is 0 Å². The third-order valence-electron chi connectivity index (χ3n) is 4.29. The summed E-state index contributed by atoms with van der Waals surface area (Å²) < 4.78 is 0. The van der Waals surface area contributed by atoms with Gasteiger partial charge in [-0.05, 0) is 50.3 Å². The van der Waals surface area contributed by atoms with E-state index in [-0.39, 0.29) is 17.1 Å². The van der Waals surface area contributed by atoms with E-state index in [4.69, 9.17) is 5.73 Å². The van der Waals surface area contributed by atoms with Gasteiger partial charge in [0.15, 0.2) is 0 Å². The summed E-state index contributed by atoms with van der Waals surface area (Å²) in [4.78, 5) is 12.1. The number of carbonyl (C=O) groups excluding carboxylic acids is 1. The molecule has 0 spiro atoms. The van der Waals surface area contributed by atoms with Crippen LogP contribution in [0.25, 0.3) is 0 Å². The summed E-state index contributed by atoms with van der Waals surface area (Å²) >= 11 is 0. The zero-order valence-corrected chi connectivity index (χ0v) is 11.6. The van der Waals surface area contributed by atoms with Crippen molar-refractivity contribution < 1.29 is 9.90 Å². The number of aryl methyl sites for hydroxylation is 1. The van der Waals surface area contributed by atoms with Crippen LogP contribution in [0.5, 0.6) is 5.75 Å². The maximum Gasteiger partial charge on any atom is 0.224 e. The summed E-state index contributed by atoms with van der Waals surface area (Å²) in [6.45, 7) is 4.21. The number of phenolic OH excluding ortho intramolecular Hbond substituents is 1. The molecule has 104 valence electrons. The molecule has 0 radical (unpaired) electrons. The van der Waals surface area contributed by atoms with Crippen molar-refractivity contribution in [2.45, 2.75) is 39.5 Å². The van der Waals surface area contributed by atoms with Crippen LogP contribution in [0.1, 0.15) is 36.8 Å². The lowest BCUT2D eigenvalue weighted by atomic mass is 9.66. The number of carbonyl (C=O) groups is 1. The Morgan fingerprint density at radius 2 is 2.11 bits per heavy atom. The molecule has 1 aliphatic rings. The lowest BCUT2D eigenvalue weighted by Gasteiger charge is -2.40. The molecular weight excluding hydrogens is 240 g/mol. The van der Waals surface area contributed by atoms with Crippen LogP contribution in [0, 0.1) is 19.3 Å². The number of phenols is 1. The third kappa shape index (κ3) is 2.73. The first-order valence-electron chi connectivity index (χ1n) is 6.76. The normalized spacial score (nSPS) is 16.8. The molecule has 0 unspecified atom stereocenters. The maximum absolute atomic E-state index is 12.1. The maximum atomic E-state index is 12.1. The van der Waals surface area contributed by atoms with Crippen molar-refractivity contribution in [1.29, 1.82) is 0 Å². The molecule has 0 bridgehead atoms. The van der Waals surface area contributed by atoms with Crippen molar-refractivity contribution >= 4 is 11.6 Å². The van der Waals surface area contributed by atoms with Crippen LogP contribution in [0.2, 0.25) is 0 Å². The average Bonchev–Trinajstić information content (AvgIpc) is 2.35. The van der Waals surface area contributed by atoms with Gasteiger partial charge in [-0.3, -0.25) is 4.79 Å². The Morgan fingerprint density at radius 3 is 2.63 bits per heavy atom. The minimum absolute atomic E-state index is 0.00469. The standard InChI is InChI=1S/C15H22N2O2/c1-10-4-5-12(11(2)14(10)19)17-13(18)8-15(9-16)6-3-7-15/h4-5,19H,3,6-9,16H2,1-2H3,(H,17,18). The molecule has 19 heavy (non-hydrogen) atoms. The monoisotopic (exact) mass is 262 g/mol. The van der Waals surface area contributed by atoms with E-state index < -0.39 is 0 Å². The summed E-state index contributed by atoms with van der Waals surface area (Å²) in [5, 5.41) is 12.7. The molecule has 1 aromatic carbocycles. The Labute approximate surface area is 114 Å². The summed E-state index contributed by atoms with van der Waals surface area (Å²) in [5.74, 6) is 0.228. The summed E-state index contributed by atoms with van der Waals surface area (Å²) in [6, 6.07) is 3.64. The number of amides is 1. The van der Waals surface area contributed by atoms with Crippen LogP contribution in [0.4, 0.5) is 5.69 Å². The van der Waals surface area contributed by atoms with E-state index in [9.17, 15) is 9.90 Å². The van der Waals surface area contributed by atoms with Gasteiger partial charge in [-0.15, -0.1) is 0 Å². The fourth-order valence-electron chi connectivity index (χ4n) is 2.64. The highest BCUT2D eigenvalue weighted by Gasteiger charge is 2.37. The molecule has 1 saturated carbocycles. The fourth-order valence-corrected chi connectivity index (χ4v) is 2.64. The molecule has 1 amide bonds. The highest BCUT2D eigenvalue weighted by atomic mass is 16.3. The Balaban J connectivity index is 2.05. The molecule has 0 heterocycles. The number of benzene rings is 1. The van der Waals surface area contributed by atoms with Crippen LogP contribution >= 0.6 is 0 Å². The summed E-state index contributed by atoms with van der Waals surface area (Å²) in [5.41, 5.74) is 7.97. The van der Waals surface area contributed by atoms with E-state index in [2.05, 4.69) is 5.32 Å². The Kier molecular flexibility index (Phi) is 3.80. The molecule has 0 atom stereocenters. The van der Waals surface area contributed by atoms with Crippen molar-refractivity contribution in [3.05, 3.63) is 23.3 Å². The summed E-state index contributed by atoms with van der Waals surface area (Å²) in [7, 11) is 0. The number of nitrogens with two attached hydrogens (primary N) is 1. The molecule has 0 aromatic heterocycles. The van der Waals surface area contributed by atoms with Gasteiger partial charge >= 0.3 is 0 Å². The molecule has 4 nitrogen and oxygen atoms in total. The van der Waals surface area contributed by atoms with Crippen molar-refractivity contribution in [3.63, 3.8) is 0 Å². The van der Waals surface area contributed by atoms with Crippen LogP contribution in [0.3, 0.4) is 0 Å². The van der Waals surface area contributed by atoms with Crippen molar-refractivity contribution in [3.8, 4) is 5.75 Å². The molecule has 1 aromatic rings. The largest absolute Gasteiger partial charge is 0.507 e. The number of hydrogen-bond donors (Lipinski definition) is 3. The number of hydrogen-bond acceptors (Lipinski definition) is 3. The van der Waals surface area contributed by atoms with Crippen molar-refractivity contribution in [2.24, 2.45) is 11.1 Å². The second-order valence-electron chi connectivity index (χ2n) is 5.69. The number of aromatic hydroxyl groups is 1. The first-order chi connectivity index (χ1) is 8.97. The van der Waals surface area contributed by atoms with Gasteiger partial charge < -0.3 is 16.2 Å². The summed E-state index contributed by atoms with van der Waals surface area (Å²) in [6.07, 6.45) is 3.70. The van der Waals surface area contributed by atoms with Gasteiger partial charge in [0.25, 0.3) is 0 Å². The molecule has 1 fully saturated rings. The van der Waals surface area contributed by atoms with Gasteiger partial charge in [-0.25, -0.2) is 0 Å². The van der Waals surface area contributed by atoms with Gasteiger partial charge in [0.1, 0.15) is 5.75 Å². The van der Waals surface area contributed by atoms with Gasteiger partial charge in [0, 0.05) is 17.7 Å². The average molecular weight is 262 g/mol. The van der Waals surface area contributed by atoms with Crippen LogP contribution < -0.4 is 11.1 Å². The molecule has 0 aliphatic heterocycles. The third-order valence-corrected chi connectivity index (χ3v) is 4.29. The van der Waals surface area contributed by atoms with Crippen molar-refractivity contribution in [1.82, 2.24) is 0 Å². The lowest BCUT2D eigenvalue weighted by Crippen LogP contribution is -2.40. The number of nitrogens with one attached hydrogen (secondary N) is 1. The number of anilines is 1. The predicted molar refractivity (Wildman–Crippen MR) is 76.2 cm³/mol. The number of rotatable bonds is 4. The second kappa shape index (κ2) is 5.21. The van der Waals surface area contributed by atoms with Gasteiger partial charge in [-0.2, -0.15) is 0 Å². The van der Waals surface area contributed by atoms with Gasteiger partial charge in [-0.1, -0.05) is 12.5 Å². The van der Waals surface area contributed by atoms with Crippen LogP contribution in [0.15, 0.2) is 12.1 Å². The van der Waals surface area contributed by atoms with E-state index in [0.717, 1.165) is 24.8 Å². The minimum atomic E-state index is -0.0171. The molecule has 0 saturated heterocycles. The van der Waals surface area contributed by atoms with E-state index in [1.165, 1.54) is 0 Å². The lowest BCUT2D eigenvalue weighted by molar-refractivity contribution is -0.119. The molecule has 2 rings (SSSR count). The minimum Gasteiger partial charge on any atom is -0.507 e. The molecular formula is C15H22N2O2. The van der Waals surface area contributed by atoms with Gasteiger partial charge in [0.05, 0.1) is 0 Å². The predicted octanol–water partition coefficient (Wildman–Crippen LogP) is 2.47. The van der Waals surface area contributed by atoms with Gasteiger partial charge in [0.2, 0.25) is 5.91 Å². The first-order valence-corrected chi connectivity index (χ1v) is 6.76. The van der Waals surface area contributed by atoms with E-state index in [0.29, 0.717) is 24.2 Å². The van der Waals surface area contributed by atoms with Crippen molar-refractivity contribution in [2.75, 3.05) is 11.9 Å². The van der Waals surface area contributed by atoms with Crippen LogP contribution in [-0.2, 0) is 4.79 Å². The Hall–Kier alpha value is -1.55. The quantitative estimate of drug-likeness (QED) is 0.780. The molecule has 1 aliphatic carbocycles. The highest BCUT2D eigenvalue weighted by molar-refractivity contribution is 5.92. The fraction of sp³-hybridized carbons (Fsp3) is 0.533. The molecule has 4 N–H and O–H groups in total. The zero-order valence-electron chi connectivity index (χ0n) is 11.6. The Bertz CT molecular complexity index is 488. The topological polar surface area (TPSA) is 75.4 Å². The zero-order chi connectivity index (χ0) is 14.0. The SMILES string of the molecule is Cc1ccc(NC(=O)CC2(CN)CCC2)c(C)c1O. The first kappa shape index (κ1) is 13.9. The second-order valence-corrected chi connectivity index (χ2v) is 5.69. The molecule has 4 heteroatoms. The Morgan fingerprint density at radius 1 is 1.42 bits per heavy atom. The highest BCUT2D eigenvalue weighted by Crippen LogP contribution is 2.43.